The Morgan fingerprint density at radius 1 is 1.12 bits per heavy atom. The number of rotatable bonds is 6. The Labute approximate surface area is 198 Å². The van der Waals surface area contributed by atoms with Gasteiger partial charge in [-0.05, 0) is 35.9 Å². The molecule has 2 aromatic carbocycles. The maximum absolute atomic E-state index is 12.9. The maximum Gasteiger partial charge on any atom is 0.416 e. The number of nitro groups is 1. The summed E-state index contributed by atoms with van der Waals surface area (Å²) in [6.07, 6.45) is -1.74. The molecule has 1 amide bonds. The molecule has 0 atom stereocenters. The molecule has 0 spiro atoms. The van der Waals surface area contributed by atoms with E-state index in [0.29, 0.717) is 28.2 Å². The van der Waals surface area contributed by atoms with Crippen LogP contribution in [0.4, 0.5) is 24.5 Å². The molecule has 3 rings (SSSR count). The molecular formula is C22H21ClF3N3O5. The predicted octanol–water partition coefficient (Wildman–Crippen LogP) is 4.65. The average Bonchev–Trinajstić information content (AvgIpc) is 2.81. The van der Waals surface area contributed by atoms with Gasteiger partial charge in [0.15, 0.2) is 11.5 Å². The van der Waals surface area contributed by atoms with Crippen LogP contribution in [-0.4, -0.2) is 56.1 Å². The normalized spacial score (nSPS) is 14.4. The van der Waals surface area contributed by atoms with Crippen molar-refractivity contribution in [3.8, 4) is 11.5 Å². The predicted molar refractivity (Wildman–Crippen MR) is 120 cm³/mol. The maximum atomic E-state index is 12.9. The van der Waals surface area contributed by atoms with E-state index in [9.17, 15) is 28.1 Å². The zero-order valence-electron chi connectivity index (χ0n) is 18.3. The Bertz CT molecular complexity index is 1120. The summed E-state index contributed by atoms with van der Waals surface area (Å²) >= 11 is 6.17. The third-order valence-electron chi connectivity index (χ3n) is 5.31. The zero-order valence-corrected chi connectivity index (χ0v) is 19.0. The van der Waals surface area contributed by atoms with Gasteiger partial charge in [-0.2, -0.15) is 13.2 Å². The van der Waals surface area contributed by atoms with E-state index in [-0.39, 0.29) is 37.8 Å². The van der Waals surface area contributed by atoms with Crippen LogP contribution in [0.5, 0.6) is 11.5 Å². The van der Waals surface area contributed by atoms with Crippen molar-refractivity contribution in [2.45, 2.75) is 6.18 Å². The number of nitrogens with zero attached hydrogens (tertiary/aromatic N) is 3. The van der Waals surface area contributed by atoms with Crippen LogP contribution < -0.4 is 14.4 Å². The van der Waals surface area contributed by atoms with Crippen molar-refractivity contribution in [2.24, 2.45) is 0 Å². The van der Waals surface area contributed by atoms with E-state index in [0.717, 1.165) is 12.1 Å². The Balaban J connectivity index is 1.69. The fourth-order valence-corrected chi connectivity index (χ4v) is 3.88. The molecule has 0 aromatic heterocycles. The quantitative estimate of drug-likeness (QED) is 0.327. The van der Waals surface area contributed by atoms with Crippen molar-refractivity contribution in [1.82, 2.24) is 4.90 Å². The molecule has 1 aliphatic heterocycles. The molecule has 0 bridgehead atoms. The molecule has 0 radical (unpaired) electrons. The number of alkyl halides is 3. The van der Waals surface area contributed by atoms with Crippen molar-refractivity contribution >= 4 is 35.0 Å². The Hall–Kier alpha value is -3.47. The van der Waals surface area contributed by atoms with Gasteiger partial charge >= 0.3 is 6.18 Å². The highest BCUT2D eigenvalue weighted by Gasteiger charge is 2.34. The van der Waals surface area contributed by atoms with Crippen molar-refractivity contribution in [2.75, 3.05) is 45.3 Å². The summed E-state index contributed by atoms with van der Waals surface area (Å²) in [7, 11) is 2.93. The number of methoxy groups -OCH3 is 2. The number of nitro benzene ring substituents is 1. The minimum atomic E-state index is -4.68. The van der Waals surface area contributed by atoms with E-state index >= 15 is 0 Å². The summed E-state index contributed by atoms with van der Waals surface area (Å²) < 4.78 is 49.2. The number of halogens is 4. The molecule has 182 valence electrons. The molecule has 0 saturated carbocycles. The summed E-state index contributed by atoms with van der Waals surface area (Å²) in [5.74, 6) is 0.502. The van der Waals surface area contributed by atoms with E-state index in [1.165, 1.54) is 20.3 Å². The molecule has 1 aliphatic rings. The van der Waals surface area contributed by atoms with Crippen molar-refractivity contribution in [3.63, 3.8) is 0 Å². The molecule has 0 unspecified atom stereocenters. The first kappa shape index (κ1) is 25.2. The SMILES string of the molecule is COc1cc(/C=C/C(=O)N2CCN(c3ccc(C(F)(F)F)cc3[N+](=O)[O-])CC2)cc(Cl)c1OC. The molecule has 1 heterocycles. The fraction of sp³-hybridized carbons (Fsp3) is 0.318. The highest BCUT2D eigenvalue weighted by Crippen LogP contribution is 2.37. The second-order valence-corrected chi connectivity index (χ2v) is 7.75. The van der Waals surface area contributed by atoms with Crippen LogP contribution in [0.2, 0.25) is 5.02 Å². The van der Waals surface area contributed by atoms with Crippen molar-refractivity contribution in [3.05, 3.63) is 62.7 Å². The molecule has 8 nitrogen and oxygen atoms in total. The first-order valence-corrected chi connectivity index (χ1v) is 10.4. The van der Waals surface area contributed by atoms with Crippen LogP contribution in [0.25, 0.3) is 6.08 Å². The number of carbonyl (C=O) groups is 1. The summed E-state index contributed by atoms with van der Waals surface area (Å²) in [5, 5.41) is 11.7. The zero-order chi connectivity index (χ0) is 25.0. The third kappa shape index (κ3) is 5.53. The molecule has 2 aromatic rings. The topological polar surface area (TPSA) is 85.2 Å². The van der Waals surface area contributed by atoms with Gasteiger partial charge in [-0.1, -0.05) is 11.6 Å². The lowest BCUT2D eigenvalue weighted by atomic mass is 10.1. The second-order valence-electron chi connectivity index (χ2n) is 7.34. The summed E-state index contributed by atoms with van der Waals surface area (Å²) in [4.78, 5) is 26.3. The van der Waals surface area contributed by atoms with Gasteiger partial charge in [0.2, 0.25) is 5.91 Å². The number of anilines is 1. The Kier molecular flexibility index (Phi) is 7.55. The second kappa shape index (κ2) is 10.2. The standard InChI is InChI=1S/C22H21ClF3N3O5/c1-33-19-12-14(11-16(23)21(19)34-2)3-6-20(30)28-9-7-27(8-10-28)17-5-4-15(22(24,25)26)13-18(17)29(31)32/h3-6,11-13H,7-10H2,1-2H3/b6-3+. The number of carbonyl (C=O) groups excluding carboxylic acids is 1. The lowest BCUT2D eigenvalue weighted by Gasteiger charge is -2.35. The van der Waals surface area contributed by atoms with E-state index in [1.54, 1.807) is 28.0 Å². The van der Waals surface area contributed by atoms with E-state index in [4.69, 9.17) is 21.1 Å². The molecule has 0 aliphatic carbocycles. The highest BCUT2D eigenvalue weighted by molar-refractivity contribution is 6.32. The molecule has 1 saturated heterocycles. The number of hydrogen-bond donors (Lipinski definition) is 0. The fourth-order valence-electron chi connectivity index (χ4n) is 3.59. The Morgan fingerprint density at radius 3 is 2.35 bits per heavy atom. The molecule has 12 heteroatoms. The smallest absolute Gasteiger partial charge is 0.416 e. The third-order valence-corrected chi connectivity index (χ3v) is 5.59. The van der Waals surface area contributed by atoms with Crippen LogP contribution in [0.15, 0.2) is 36.4 Å². The van der Waals surface area contributed by atoms with Gasteiger partial charge in [0, 0.05) is 38.3 Å². The van der Waals surface area contributed by atoms with Gasteiger partial charge < -0.3 is 19.3 Å². The molecular weight excluding hydrogens is 479 g/mol. The van der Waals surface area contributed by atoms with Gasteiger partial charge in [0.25, 0.3) is 5.69 Å². The summed E-state index contributed by atoms with van der Waals surface area (Å²) in [6, 6.07) is 5.73. The highest BCUT2D eigenvalue weighted by atomic mass is 35.5. The summed E-state index contributed by atoms with van der Waals surface area (Å²) in [6.45, 7) is 0.948. The first-order chi connectivity index (χ1) is 16.0. The lowest BCUT2D eigenvalue weighted by molar-refractivity contribution is -0.384. The van der Waals surface area contributed by atoms with Gasteiger partial charge in [0.05, 0.1) is 29.7 Å². The van der Waals surface area contributed by atoms with E-state index in [2.05, 4.69) is 0 Å². The van der Waals surface area contributed by atoms with Crippen LogP contribution >= 0.6 is 11.6 Å². The van der Waals surface area contributed by atoms with Crippen LogP contribution in [0.1, 0.15) is 11.1 Å². The number of hydrogen-bond acceptors (Lipinski definition) is 6. The van der Waals surface area contributed by atoms with Gasteiger partial charge in [-0.3, -0.25) is 14.9 Å². The molecule has 34 heavy (non-hydrogen) atoms. The number of benzene rings is 2. The Morgan fingerprint density at radius 2 is 1.79 bits per heavy atom. The minimum Gasteiger partial charge on any atom is -0.493 e. The largest absolute Gasteiger partial charge is 0.493 e. The summed E-state index contributed by atoms with van der Waals surface area (Å²) in [5.41, 5.74) is -1.01. The van der Waals surface area contributed by atoms with E-state index in [1.807, 2.05) is 0 Å². The molecule has 0 N–H and O–H groups in total. The van der Waals surface area contributed by atoms with Gasteiger partial charge in [-0.25, -0.2) is 0 Å². The minimum absolute atomic E-state index is 0.0839. The number of piperazine rings is 1. The monoisotopic (exact) mass is 499 g/mol. The van der Waals surface area contributed by atoms with Gasteiger partial charge in [0.1, 0.15) is 5.69 Å². The van der Waals surface area contributed by atoms with E-state index < -0.39 is 22.4 Å². The van der Waals surface area contributed by atoms with Crippen LogP contribution in [0, 0.1) is 10.1 Å². The van der Waals surface area contributed by atoms with Crippen LogP contribution in [0.3, 0.4) is 0 Å². The number of amides is 1. The lowest BCUT2D eigenvalue weighted by Crippen LogP contribution is -2.48. The van der Waals surface area contributed by atoms with Crippen molar-refractivity contribution in [1.29, 1.82) is 0 Å². The average molecular weight is 500 g/mol. The van der Waals surface area contributed by atoms with Gasteiger partial charge in [-0.15, -0.1) is 0 Å². The van der Waals surface area contributed by atoms with Crippen molar-refractivity contribution < 1.29 is 32.4 Å². The molecule has 1 fully saturated rings. The number of ether oxygens (including phenoxy) is 2. The first-order valence-electron chi connectivity index (χ1n) is 10.0. The van der Waals surface area contributed by atoms with Crippen LogP contribution in [-0.2, 0) is 11.0 Å².